The Morgan fingerprint density at radius 1 is 1.25 bits per heavy atom. The molecule has 3 rings (SSSR count). The third-order valence-corrected chi connectivity index (χ3v) is 5.46. The molecule has 2 aliphatic heterocycles. The number of amides is 2. The van der Waals surface area contributed by atoms with Gasteiger partial charge in [0.2, 0.25) is 0 Å². The standard InChI is InChI=1S/C17H25N5O2/c1-21-11-5-4-6-12(21)10-13(9-11)22(17(19)23)15-8-3-2-7-14(15)16(18)20-24/h2-3,7-8,11-13,24H,4-6,9-10H2,1H3,(H2,18,20)(H2,19,23)/t11-,12+,13?. The van der Waals surface area contributed by atoms with E-state index in [2.05, 4.69) is 17.1 Å². The van der Waals surface area contributed by atoms with Crippen LogP contribution in [0.25, 0.3) is 0 Å². The van der Waals surface area contributed by atoms with Crippen molar-refractivity contribution in [3.63, 3.8) is 0 Å². The summed E-state index contributed by atoms with van der Waals surface area (Å²) in [5.41, 5.74) is 12.6. The summed E-state index contributed by atoms with van der Waals surface area (Å²) in [5, 5.41) is 12.1. The summed E-state index contributed by atoms with van der Waals surface area (Å²) in [6.07, 6.45) is 5.32. The number of hydrogen-bond donors (Lipinski definition) is 3. The summed E-state index contributed by atoms with van der Waals surface area (Å²) >= 11 is 0. The molecular weight excluding hydrogens is 306 g/mol. The molecule has 1 aromatic rings. The zero-order chi connectivity index (χ0) is 17.3. The zero-order valence-electron chi connectivity index (χ0n) is 13.9. The van der Waals surface area contributed by atoms with E-state index in [-0.39, 0.29) is 11.9 Å². The number of primary amides is 1. The number of benzene rings is 1. The Morgan fingerprint density at radius 3 is 2.46 bits per heavy atom. The monoisotopic (exact) mass is 331 g/mol. The summed E-state index contributed by atoms with van der Waals surface area (Å²) in [6, 6.07) is 7.62. The van der Waals surface area contributed by atoms with Crippen molar-refractivity contribution in [1.82, 2.24) is 4.90 Å². The Hall–Kier alpha value is -2.28. The largest absolute Gasteiger partial charge is 0.409 e. The highest BCUT2D eigenvalue weighted by molar-refractivity contribution is 6.06. The molecule has 2 saturated heterocycles. The second-order valence-electron chi connectivity index (χ2n) is 6.74. The van der Waals surface area contributed by atoms with Gasteiger partial charge < -0.3 is 21.6 Å². The minimum atomic E-state index is -0.499. The van der Waals surface area contributed by atoms with Crippen molar-refractivity contribution in [2.75, 3.05) is 11.9 Å². The van der Waals surface area contributed by atoms with Gasteiger partial charge in [-0.05, 0) is 44.9 Å². The number of fused-ring (bicyclic) bond motifs is 2. The summed E-state index contributed by atoms with van der Waals surface area (Å²) in [5.74, 6) is -0.0232. The smallest absolute Gasteiger partial charge is 0.319 e. The maximum absolute atomic E-state index is 12.3. The van der Waals surface area contributed by atoms with Crippen LogP contribution in [0.4, 0.5) is 10.5 Å². The first-order chi connectivity index (χ1) is 11.5. The fourth-order valence-electron chi connectivity index (χ4n) is 4.25. The molecule has 0 aliphatic carbocycles. The third kappa shape index (κ3) is 2.91. The van der Waals surface area contributed by atoms with Gasteiger partial charge in [0.15, 0.2) is 5.84 Å². The maximum atomic E-state index is 12.3. The molecule has 5 N–H and O–H groups in total. The maximum Gasteiger partial charge on any atom is 0.319 e. The number of urea groups is 1. The molecule has 1 aromatic carbocycles. The van der Waals surface area contributed by atoms with Gasteiger partial charge in [-0.25, -0.2) is 4.79 Å². The normalized spacial score (nSPS) is 27.7. The van der Waals surface area contributed by atoms with Gasteiger partial charge >= 0.3 is 6.03 Å². The first-order valence-electron chi connectivity index (χ1n) is 8.40. The second-order valence-corrected chi connectivity index (χ2v) is 6.74. The van der Waals surface area contributed by atoms with E-state index >= 15 is 0 Å². The predicted molar refractivity (Wildman–Crippen MR) is 93.2 cm³/mol. The summed E-state index contributed by atoms with van der Waals surface area (Å²) < 4.78 is 0. The van der Waals surface area contributed by atoms with E-state index in [4.69, 9.17) is 16.7 Å². The molecule has 0 radical (unpaired) electrons. The second kappa shape index (κ2) is 6.68. The van der Waals surface area contributed by atoms with Crippen molar-refractivity contribution in [1.29, 1.82) is 0 Å². The average Bonchev–Trinajstić information content (AvgIpc) is 2.55. The number of carbonyl (C=O) groups excluding carboxylic acids is 1. The molecule has 0 saturated carbocycles. The lowest BCUT2D eigenvalue weighted by Crippen LogP contribution is -2.57. The van der Waals surface area contributed by atoms with Crippen molar-refractivity contribution in [2.24, 2.45) is 16.6 Å². The van der Waals surface area contributed by atoms with Crippen molar-refractivity contribution in [3.05, 3.63) is 29.8 Å². The van der Waals surface area contributed by atoms with Crippen LogP contribution in [-0.4, -0.2) is 47.1 Å². The number of nitrogens with two attached hydrogens (primary N) is 2. The molecular formula is C17H25N5O2. The molecule has 24 heavy (non-hydrogen) atoms. The fraction of sp³-hybridized carbons (Fsp3) is 0.529. The van der Waals surface area contributed by atoms with Gasteiger partial charge in [-0.3, -0.25) is 4.90 Å². The number of para-hydroxylation sites is 1. The molecule has 2 amide bonds. The Morgan fingerprint density at radius 2 is 1.88 bits per heavy atom. The van der Waals surface area contributed by atoms with E-state index in [1.54, 1.807) is 23.1 Å². The van der Waals surface area contributed by atoms with E-state index < -0.39 is 6.03 Å². The van der Waals surface area contributed by atoms with E-state index in [9.17, 15) is 4.79 Å². The number of nitrogens with zero attached hydrogens (tertiary/aromatic N) is 3. The van der Waals surface area contributed by atoms with Crippen LogP contribution in [0.2, 0.25) is 0 Å². The summed E-state index contributed by atoms with van der Waals surface area (Å²) in [7, 11) is 2.17. The van der Waals surface area contributed by atoms with Crippen LogP contribution in [0.5, 0.6) is 0 Å². The molecule has 130 valence electrons. The third-order valence-electron chi connectivity index (χ3n) is 5.46. The molecule has 0 aromatic heterocycles. The van der Waals surface area contributed by atoms with Crippen LogP contribution in [0, 0.1) is 0 Å². The van der Waals surface area contributed by atoms with Gasteiger partial charge in [0.1, 0.15) is 0 Å². The Bertz CT molecular complexity index is 634. The minimum Gasteiger partial charge on any atom is -0.409 e. The van der Waals surface area contributed by atoms with Crippen molar-refractivity contribution < 1.29 is 10.0 Å². The Balaban J connectivity index is 1.96. The molecule has 3 atom stereocenters. The number of anilines is 1. The van der Waals surface area contributed by atoms with E-state index in [0.29, 0.717) is 23.3 Å². The number of rotatable bonds is 3. The van der Waals surface area contributed by atoms with Gasteiger partial charge in [0.25, 0.3) is 0 Å². The lowest BCUT2D eigenvalue weighted by atomic mass is 9.81. The lowest BCUT2D eigenvalue weighted by molar-refractivity contribution is 0.0564. The van der Waals surface area contributed by atoms with Crippen LogP contribution in [-0.2, 0) is 0 Å². The number of piperidine rings is 2. The average molecular weight is 331 g/mol. The lowest BCUT2D eigenvalue weighted by Gasteiger charge is -2.49. The quantitative estimate of drug-likeness (QED) is 0.339. The van der Waals surface area contributed by atoms with Gasteiger partial charge in [0, 0.05) is 23.7 Å². The predicted octanol–water partition coefficient (Wildman–Crippen LogP) is 1.68. The van der Waals surface area contributed by atoms with Crippen LogP contribution in [0.15, 0.2) is 29.4 Å². The topological polar surface area (TPSA) is 108 Å². The highest BCUT2D eigenvalue weighted by Crippen LogP contribution is 2.37. The molecule has 7 heteroatoms. The van der Waals surface area contributed by atoms with Gasteiger partial charge in [-0.15, -0.1) is 0 Å². The Kier molecular flexibility index (Phi) is 4.62. The molecule has 2 fully saturated rings. The number of oxime groups is 1. The van der Waals surface area contributed by atoms with Gasteiger partial charge in [-0.1, -0.05) is 23.7 Å². The van der Waals surface area contributed by atoms with E-state index in [1.165, 1.54) is 6.42 Å². The molecule has 0 spiro atoms. The molecule has 2 aliphatic rings. The fourth-order valence-corrected chi connectivity index (χ4v) is 4.25. The van der Waals surface area contributed by atoms with E-state index in [1.807, 2.05) is 6.07 Å². The van der Waals surface area contributed by atoms with Crippen LogP contribution in [0.3, 0.4) is 0 Å². The SMILES string of the molecule is CN1[C@@H]2CCC[C@H]1CC(N(C(N)=O)c1ccccc1C(N)=NO)C2. The van der Waals surface area contributed by atoms with Gasteiger partial charge in [0.05, 0.1) is 5.69 Å². The number of hydrogen-bond acceptors (Lipinski definition) is 4. The summed E-state index contributed by atoms with van der Waals surface area (Å²) in [4.78, 5) is 16.3. The van der Waals surface area contributed by atoms with Crippen molar-refractivity contribution >= 4 is 17.6 Å². The molecule has 7 nitrogen and oxygen atoms in total. The Labute approximate surface area is 141 Å². The molecule has 1 unspecified atom stereocenters. The first kappa shape index (κ1) is 16.6. The zero-order valence-corrected chi connectivity index (χ0v) is 13.9. The minimum absolute atomic E-state index is 0.0232. The first-order valence-corrected chi connectivity index (χ1v) is 8.40. The van der Waals surface area contributed by atoms with Crippen LogP contribution < -0.4 is 16.4 Å². The van der Waals surface area contributed by atoms with E-state index in [0.717, 1.165) is 25.7 Å². The highest BCUT2D eigenvalue weighted by Gasteiger charge is 2.40. The van der Waals surface area contributed by atoms with Crippen molar-refractivity contribution in [2.45, 2.75) is 50.2 Å². The van der Waals surface area contributed by atoms with Crippen LogP contribution >= 0.6 is 0 Å². The number of amidine groups is 1. The van der Waals surface area contributed by atoms with Gasteiger partial charge in [-0.2, -0.15) is 0 Å². The number of carbonyl (C=O) groups is 1. The summed E-state index contributed by atoms with van der Waals surface area (Å²) in [6.45, 7) is 0. The van der Waals surface area contributed by atoms with Crippen molar-refractivity contribution in [3.8, 4) is 0 Å². The molecule has 2 heterocycles. The highest BCUT2D eigenvalue weighted by atomic mass is 16.4. The molecule has 2 bridgehead atoms. The van der Waals surface area contributed by atoms with Crippen LogP contribution in [0.1, 0.15) is 37.7 Å².